The van der Waals surface area contributed by atoms with E-state index in [1.54, 1.807) is 0 Å². The van der Waals surface area contributed by atoms with Crippen molar-refractivity contribution >= 4 is 50.8 Å². The van der Waals surface area contributed by atoms with Crippen LogP contribution in [0.15, 0.2) is 41.8 Å². The standard InChI is InChI=1S/C24H27ClN8OS/c1-24(2)19-15(20(31-30-19)28-21-18-16(10-11-35-18)26-22(25)29-21)12-33(24)23(34)27-17(13-32(3)4)14-8-6-5-7-9-14/h5-11,17H,12-13H2,1-4H3,(H,27,34)(H2,26,28,29,30,31)/t17-/m1/s1. The van der Waals surface area contributed by atoms with E-state index in [1.165, 1.54) is 11.3 Å². The molecule has 3 aromatic heterocycles. The molecular formula is C24H27ClN8OS. The number of aromatic nitrogens is 4. The number of benzene rings is 1. The Kier molecular flexibility index (Phi) is 6.12. The van der Waals surface area contributed by atoms with Gasteiger partial charge in [-0.3, -0.25) is 5.10 Å². The molecule has 1 aromatic carbocycles. The molecule has 2 amide bonds. The molecule has 0 saturated carbocycles. The Labute approximate surface area is 212 Å². The monoisotopic (exact) mass is 510 g/mol. The minimum absolute atomic E-state index is 0.132. The number of anilines is 2. The first kappa shape index (κ1) is 23.5. The number of hydrogen-bond acceptors (Lipinski definition) is 7. The van der Waals surface area contributed by atoms with Crippen molar-refractivity contribution in [2.75, 3.05) is 26.0 Å². The number of nitrogens with zero attached hydrogens (tertiary/aromatic N) is 5. The van der Waals surface area contributed by atoms with Crippen LogP contribution in [0.4, 0.5) is 16.4 Å². The predicted molar refractivity (Wildman–Crippen MR) is 139 cm³/mol. The maximum absolute atomic E-state index is 13.6. The number of rotatable bonds is 6. The number of nitrogens with one attached hydrogen (secondary N) is 3. The van der Waals surface area contributed by atoms with Gasteiger partial charge in [0.25, 0.3) is 0 Å². The highest BCUT2D eigenvalue weighted by Gasteiger charge is 2.44. The molecule has 4 aromatic rings. The van der Waals surface area contributed by atoms with E-state index in [1.807, 2.05) is 74.6 Å². The number of likely N-dealkylation sites (N-methyl/N-ethyl adjacent to an activating group) is 1. The smallest absolute Gasteiger partial charge is 0.319 e. The maximum Gasteiger partial charge on any atom is 0.319 e. The van der Waals surface area contributed by atoms with Gasteiger partial charge in [0.2, 0.25) is 5.28 Å². The van der Waals surface area contributed by atoms with Crippen molar-refractivity contribution in [1.29, 1.82) is 0 Å². The first-order valence-corrected chi connectivity index (χ1v) is 12.5. The van der Waals surface area contributed by atoms with E-state index < -0.39 is 5.54 Å². The molecule has 1 atom stereocenters. The van der Waals surface area contributed by atoms with Crippen LogP contribution in [-0.4, -0.2) is 56.6 Å². The lowest BCUT2D eigenvalue weighted by molar-refractivity contribution is 0.138. The highest BCUT2D eigenvalue weighted by molar-refractivity contribution is 7.17. The lowest BCUT2D eigenvalue weighted by Gasteiger charge is -2.34. The third-order valence-electron chi connectivity index (χ3n) is 6.28. The third kappa shape index (κ3) is 4.44. The summed E-state index contributed by atoms with van der Waals surface area (Å²) >= 11 is 7.66. The van der Waals surface area contributed by atoms with E-state index >= 15 is 0 Å². The summed E-state index contributed by atoms with van der Waals surface area (Å²) in [4.78, 5) is 26.1. The molecule has 0 unspecified atom stereocenters. The number of carbonyl (C=O) groups is 1. The number of halogens is 1. The molecular weight excluding hydrogens is 484 g/mol. The summed E-state index contributed by atoms with van der Waals surface area (Å²) in [6, 6.07) is 11.7. The van der Waals surface area contributed by atoms with Crippen molar-refractivity contribution < 1.29 is 4.79 Å². The first-order valence-electron chi connectivity index (χ1n) is 11.3. The van der Waals surface area contributed by atoms with Gasteiger partial charge in [0.1, 0.15) is 0 Å². The Morgan fingerprint density at radius 1 is 1.23 bits per heavy atom. The average Bonchev–Trinajstić information content (AvgIpc) is 3.50. The van der Waals surface area contributed by atoms with Crippen LogP contribution in [-0.2, 0) is 12.1 Å². The van der Waals surface area contributed by atoms with Gasteiger partial charge in [-0.15, -0.1) is 11.3 Å². The molecule has 182 valence electrons. The third-order valence-corrected chi connectivity index (χ3v) is 7.35. The topological polar surface area (TPSA) is 102 Å². The molecule has 1 aliphatic rings. The molecule has 0 bridgehead atoms. The van der Waals surface area contributed by atoms with E-state index in [9.17, 15) is 4.79 Å². The number of aromatic amines is 1. The van der Waals surface area contributed by atoms with Gasteiger partial charge in [0, 0.05) is 12.1 Å². The van der Waals surface area contributed by atoms with Crippen LogP contribution in [0.2, 0.25) is 5.28 Å². The Morgan fingerprint density at radius 2 is 2.00 bits per heavy atom. The Bertz CT molecular complexity index is 1370. The van der Waals surface area contributed by atoms with E-state index in [0.29, 0.717) is 24.7 Å². The molecule has 0 spiro atoms. The average molecular weight is 511 g/mol. The Balaban J connectivity index is 1.40. The quantitative estimate of drug-likeness (QED) is 0.320. The minimum atomic E-state index is -0.576. The van der Waals surface area contributed by atoms with Crippen molar-refractivity contribution in [3.05, 3.63) is 63.9 Å². The SMILES string of the molecule is CN(C)C[C@@H](NC(=O)N1Cc2c(Nc3nc(Cl)nc4ccsc34)n[nH]c2C1(C)C)c1ccccc1. The zero-order valence-electron chi connectivity index (χ0n) is 20.0. The summed E-state index contributed by atoms with van der Waals surface area (Å²) in [7, 11) is 4.00. The fourth-order valence-corrected chi connectivity index (χ4v) is 5.44. The molecule has 0 aliphatic carbocycles. The summed E-state index contributed by atoms with van der Waals surface area (Å²) < 4.78 is 0.896. The molecule has 11 heteroatoms. The van der Waals surface area contributed by atoms with E-state index in [4.69, 9.17) is 11.6 Å². The van der Waals surface area contributed by atoms with Crippen molar-refractivity contribution in [2.24, 2.45) is 0 Å². The molecule has 0 radical (unpaired) electrons. The van der Waals surface area contributed by atoms with Gasteiger partial charge in [-0.05, 0) is 56.6 Å². The van der Waals surface area contributed by atoms with Crippen LogP contribution in [0.25, 0.3) is 10.2 Å². The second kappa shape index (κ2) is 9.10. The number of fused-ring (bicyclic) bond motifs is 2. The van der Waals surface area contributed by atoms with Crippen LogP contribution >= 0.6 is 22.9 Å². The van der Waals surface area contributed by atoms with E-state index in [0.717, 1.165) is 27.0 Å². The largest absolute Gasteiger partial charge is 0.330 e. The number of H-pyrrole nitrogens is 1. The predicted octanol–water partition coefficient (Wildman–Crippen LogP) is 4.87. The lowest BCUT2D eigenvalue weighted by Crippen LogP contribution is -2.48. The molecule has 3 N–H and O–H groups in total. The number of urea groups is 1. The molecule has 0 fully saturated rings. The number of thiophene rings is 1. The first-order chi connectivity index (χ1) is 16.7. The van der Waals surface area contributed by atoms with E-state index in [-0.39, 0.29) is 17.4 Å². The number of carbonyl (C=O) groups excluding carboxylic acids is 1. The molecule has 4 heterocycles. The van der Waals surface area contributed by atoms with Crippen LogP contribution < -0.4 is 10.6 Å². The normalized spacial score (nSPS) is 15.4. The van der Waals surface area contributed by atoms with Gasteiger partial charge in [-0.1, -0.05) is 30.3 Å². The van der Waals surface area contributed by atoms with Crippen LogP contribution in [0.1, 0.15) is 36.7 Å². The van der Waals surface area contributed by atoms with Gasteiger partial charge in [0.15, 0.2) is 11.6 Å². The second-order valence-corrected chi connectivity index (χ2v) is 10.6. The molecule has 1 aliphatic heterocycles. The minimum Gasteiger partial charge on any atom is -0.330 e. The number of amides is 2. The fraction of sp³-hybridized carbons (Fsp3) is 0.333. The summed E-state index contributed by atoms with van der Waals surface area (Å²) in [5.41, 5.74) is 3.08. The van der Waals surface area contributed by atoms with Gasteiger partial charge >= 0.3 is 6.03 Å². The molecule has 9 nitrogen and oxygen atoms in total. The van der Waals surface area contributed by atoms with Crippen LogP contribution in [0.3, 0.4) is 0 Å². The van der Waals surface area contributed by atoms with Crippen molar-refractivity contribution in [2.45, 2.75) is 32.0 Å². The maximum atomic E-state index is 13.6. The Morgan fingerprint density at radius 3 is 2.74 bits per heavy atom. The van der Waals surface area contributed by atoms with Crippen LogP contribution in [0.5, 0.6) is 0 Å². The highest BCUT2D eigenvalue weighted by atomic mass is 35.5. The van der Waals surface area contributed by atoms with Gasteiger partial charge in [-0.2, -0.15) is 10.1 Å². The van der Waals surface area contributed by atoms with Gasteiger partial charge in [0.05, 0.1) is 34.0 Å². The molecule has 5 rings (SSSR count). The molecule has 35 heavy (non-hydrogen) atoms. The summed E-state index contributed by atoms with van der Waals surface area (Å²) in [6.07, 6.45) is 0. The zero-order valence-corrected chi connectivity index (χ0v) is 21.5. The second-order valence-electron chi connectivity index (χ2n) is 9.35. The summed E-state index contributed by atoms with van der Waals surface area (Å²) in [5.74, 6) is 1.22. The highest BCUT2D eigenvalue weighted by Crippen LogP contribution is 2.42. The van der Waals surface area contributed by atoms with Gasteiger partial charge in [-0.25, -0.2) is 9.78 Å². The van der Waals surface area contributed by atoms with Crippen molar-refractivity contribution in [3.8, 4) is 0 Å². The summed E-state index contributed by atoms with van der Waals surface area (Å²) in [6.45, 7) is 5.13. The van der Waals surface area contributed by atoms with Crippen molar-refractivity contribution in [3.63, 3.8) is 0 Å². The van der Waals surface area contributed by atoms with E-state index in [2.05, 4.69) is 35.7 Å². The Hall–Kier alpha value is -3.21. The zero-order chi connectivity index (χ0) is 24.7. The van der Waals surface area contributed by atoms with Gasteiger partial charge < -0.3 is 20.4 Å². The molecule has 0 saturated heterocycles. The fourth-order valence-electron chi connectivity index (χ4n) is 4.49. The lowest BCUT2D eigenvalue weighted by atomic mass is 10.0. The summed E-state index contributed by atoms with van der Waals surface area (Å²) in [5, 5.41) is 16.3. The number of hydrogen-bond donors (Lipinski definition) is 3. The van der Waals surface area contributed by atoms with Crippen molar-refractivity contribution in [1.82, 2.24) is 35.3 Å². The van der Waals surface area contributed by atoms with Crippen LogP contribution in [0, 0.1) is 0 Å².